The van der Waals surface area contributed by atoms with Crippen molar-refractivity contribution in [3.8, 4) is 11.3 Å². The molecule has 0 saturated carbocycles. The van der Waals surface area contributed by atoms with Crippen molar-refractivity contribution in [1.29, 1.82) is 0 Å². The van der Waals surface area contributed by atoms with Crippen LogP contribution in [0, 0.1) is 0 Å². The third-order valence-corrected chi connectivity index (χ3v) is 2.62. The lowest BCUT2D eigenvalue weighted by Crippen LogP contribution is -2.04. The van der Waals surface area contributed by atoms with Gasteiger partial charge in [-0.15, -0.1) is 5.10 Å². The summed E-state index contributed by atoms with van der Waals surface area (Å²) in [4.78, 5) is 11.5. The fourth-order valence-electron chi connectivity index (χ4n) is 1.59. The Morgan fingerprint density at radius 2 is 2.06 bits per heavy atom. The van der Waals surface area contributed by atoms with Gasteiger partial charge in [-0.1, -0.05) is 35.0 Å². The molecule has 0 bridgehead atoms. The number of carbonyl (C=O) groups excluding carboxylic acids is 1. The number of carbonyl (C=O) groups is 1. The highest BCUT2D eigenvalue weighted by Gasteiger charge is 2.18. The summed E-state index contributed by atoms with van der Waals surface area (Å²) in [5, 5.41) is 8.38. The molecule has 0 aliphatic rings. The second kappa shape index (κ2) is 4.06. The zero-order chi connectivity index (χ0) is 11.7. The van der Waals surface area contributed by atoms with Gasteiger partial charge in [0.1, 0.15) is 11.4 Å². The normalized spacial score (nSPS) is 10.4. The first-order valence-corrected chi connectivity index (χ1v) is 5.14. The molecule has 0 fully saturated rings. The standard InChI is InChI=1S/C11H10ClN3O/c1-7(16)11-10(13-14-15(11)2)8-5-3-4-6-9(8)12/h3-6H,1-2H3. The minimum Gasteiger partial charge on any atom is -0.293 e. The molecular formula is C11H10ClN3O. The second-order valence-corrected chi connectivity index (χ2v) is 3.85. The Bertz CT molecular complexity index is 548. The summed E-state index contributed by atoms with van der Waals surface area (Å²) in [6, 6.07) is 7.25. The third kappa shape index (κ3) is 1.72. The van der Waals surface area contributed by atoms with Crippen LogP contribution < -0.4 is 0 Å². The molecule has 0 atom stereocenters. The topological polar surface area (TPSA) is 47.8 Å². The predicted octanol–water partition coefficient (Wildman–Crippen LogP) is 2.34. The fraction of sp³-hybridized carbons (Fsp3) is 0.182. The Morgan fingerprint density at radius 1 is 1.38 bits per heavy atom. The molecule has 2 rings (SSSR count). The van der Waals surface area contributed by atoms with Crippen LogP contribution in [0.1, 0.15) is 17.4 Å². The highest BCUT2D eigenvalue weighted by Crippen LogP contribution is 2.28. The van der Waals surface area contributed by atoms with E-state index in [9.17, 15) is 4.79 Å². The predicted molar refractivity (Wildman–Crippen MR) is 61.5 cm³/mol. The van der Waals surface area contributed by atoms with E-state index < -0.39 is 0 Å². The van der Waals surface area contributed by atoms with E-state index in [1.54, 1.807) is 13.1 Å². The largest absolute Gasteiger partial charge is 0.293 e. The zero-order valence-corrected chi connectivity index (χ0v) is 9.69. The molecule has 0 unspecified atom stereocenters. The average molecular weight is 236 g/mol. The summed E-state index contributed by atoms with van der Waals surface area (Å²) < 4.78 is 1.46. The van der Waals surface area contributed by atoms with Crippen molar-refractivity contribution in [2.24, 2.45) is 7.05 Å². The number of halogens is 1. The van der Waals surface area contributed by atoms with Crippen molar-refractivity contribution in [2.75, 3.05) is 0 Å². The summed E-state index contributed by atoms with van der Waals surface area (Å²) in [6.07, 6.45) is 0. The quantitative estimate of drug-likeness (QED) is 0.751. The molecule has 2 aromatic rings. The number of aryl methyl sites for hydroxylation is 1. The Hall–Kier alpha value is -1.68. The third-order valence-electron chi connectivity index (χ3n) is 2.29. The smallest absolute Gasteiger partial charge is 0.180 e. The zero-order valence-electron chi connectivity index (χ0n) is 8.94. The van der Waals surface area contributed by atoms with Crippen molar-refractivity contribution < 1.29 is 4.79 Å². The molecule has 0 aliphatic carbocycles. The number of ketones is 1. The van der Waals surface area contributed by atoms with E-state index in [0.29, 0.717) is 16.4 Å². The van der Waals surface area contributed by atoms with Crippen molar-refractivity contribution in [3.63, 3.8) is 0 Å². The minimum atomic E-state index is -0.0811. The maximum atomic E-state index is 11.5. The molecule has 16 heavy (non-hydrogen) atoms. The molecule has 0 radical (unpaired) electrons. The van der Waals surface area contributed by atoms with Crippen molar-refractivity contribution in [2.45, 2.75) is 6.92 Å². The van der Waals surface area contributed by atoms with Crippen molar-refractivity contribution in [3.05, 3.63) is 35.0 Å². The second-order valence-electron chi connectivity index (χ2n) is 3.45. The highest BCUT2D eigenvalue weighted by molar-refractivity contribution is 6.33. The van der Waals surface area contributed by atoms with Crippen LogP contribution in [-0.4, -0.2) is 20.8 Å². The van der Waals surface area contributed by atoms with Crippen LogP contribution in [0.2, 0.25) is 5.02 Å². The van der Waals surface area contributed by atoms with Crippen LogP contribution in [-0.2, 0) is 7.05 Å². The number of nitrogens with zero attached hydrogens (tertiary/aromatic N) is 3. The number of aromatic nitrogens is 3. The van der Waals surface area contributed by atoms with E-state index >= 15 is 0 Å². The van der Waals surface area contributed by atoms with Crippen LogP contribution in [0.25, 0.3) is 11.3 Å². The van der Waals surface area contributed by atoms with Gasteiger partial charge in [-0.2, -0.15) is 0 Å². The monoisotopic (exact) mass is 235 g/mol. The molecule has 5 heteroatoms. The number of benzene rings is 1. The van der Waals surface area contributed by atoms with E-state index in [1.807, 2.05) is 18.2 Å². The minimum absolute atomic E-state index is 0.0811. The molecule has 0 N–H and O–H groups in total. The van der Waals surface area contributed by atoms with E-state index in [0.717, 1.165) is 5.56 Å². The Labute approximate surface area is 97.8 Å². The molecule has 4 nitrogen and oxygen atoms in total. The fourth-order valence-corrected chi connectivity index (χ4v) is 1.81. The maximum absolute atomic E-state index is 11.5. The first-order chi connectivity index (χ1) is 7.61. The van der Waals surface area contributed by atoms with Gasteiger partial charge < -0.3 is 0 Å². The summed E-state index contributed by atoms with van der Waals surface area (Å²) >= 11 is 6.06. The van der Waals surface area contributed by atoms with Crippen LogP contribution in [0.3, 0.4) is 0 Å². The SMILES string of the molecule is CC(=O)c1c(-c2ccccc2Cl)nnn1C. The lowest BCUT2D eigenvalue weighted by atomic mass is 10.1. The van der Waals surface area contributed by atoms with Gasteiger partial charge in [-0.05, 0) is 6.07 Å². The summed E-state index contributed by atoms with van der Waals surface area (Å²) in [5.74, 6) is -0.0811. The number of rotatable bonds is 2. The van der Waals surface area contributed by atoms with E-state index in [2.05, 4.69) is 10.3 Å². The van der Waals surface area contributed by atoms with E-state index in [4.69, 9.17) is 11.6 Å². The number of hydrogen-bond acceptors (Lipinski definition) is 3. The van der Waals surface area contributed by atoms with E-state index in [1.165, 1.54) is 11.6 Å². The van der Waals surface area contributed by atoms with Crippen molar-refractivity contribution >= 4 is 17.4 Å². The lowest BCUT2D eigenvalue weighted by Gasteiger charge is -2.02. The Balaban J connectivity index is 2.66. The molecule has 1 aromatic carbocycles. The summed E-state index contributed by atoms with van der Waals surface area (Å²) in [5.41, 5.74) is 1.72. The maximum Gasteiger partial charge on any atom is 0.180 e. The number of hydrogen-bond donors (Lipinski definition) is 0. The molecule has 1 aromatic heterocycles. The van der Waals surface area contributed by atoms with Crippen LogP contribution in [0.15, 0.2) is 24.3 Å². The van der Waals surface area contributed by atoms with E-state index in [-0.39, 0.29) is 5.78 Å². The molecule has 0 aliphatic heterocycles. The first kappa shape index (κ1) is 10.8. The van der Waals surface area contributed by atoms with Crippen LogP contribution in [0.4, 0.5) is 0 Å². The van der Waals surface area contributed by atoms with Gasteiger partial charge in [0, 0.05) is 19.5 Å². The van der Waals surface area contributed by atoms with Gasteiger partial charge in [-0.3, -0.25) is 4.79 Å². The van der Waals surface area contributed by atoms with Gasteiger partial charge in [0.05, 0.1) is 5.02 Å². The van der Waals surface area contributed by atoms with Crippen LogP contribution >= 0.6 is 11.6 Å². The van der Waals surface area contributed by atoms with Gasteiger partial charge in [0.25, 0.3) is 0 Å². The van der Waals surface area contributed by atoms with Gasteiger partial charge in [0.15, 0.2) is 5.78 Å². The molecule has 0 spiro atoms. The molecule has 1 heterocycles. The number of Topliss-reactive ketones (excluding diaryl/α,β-unsaturated/α-hetero) is 1. The summed E-state index contributed by atoms with van der Waals surface area (Å²) in [7, 11) is 1.68. The molecule has 82 valence electrons. The first-order valence-electron chi connectivity index (χ1n) is 4.76. The van der Waals surface area contributed by atoms with Gasteiger partial charge in [-0.25, -0.2) is 4.68 Å². The summed E-state index contributed by atoms with van der Waals surface area (Å²) in [6.45, 7) is 1.49. The van der Waals surface area contributed by atoms with Gasteiger partial charge >= 0.3 is 0 Å². The highest BCUT2D eigenvalue weighted by atomic mass is 35.5. The average Bonchev–Trinajstić information content (AvgIpc) is 2.61. The Morgan fingerprint density at radius 3 is 2.69 bits per heavy atom. The van der Waals surface area contributed by atoms with Crippen molar-refractivity contribution in [1.82, 2.24) is 15.0 Å². The van der Waals surface area contributed by atoms with Gasteiger partial charge in [0.2, 0.25) is 0 Å². The molecular weight excluding hydrogens is 226 g/mol. The molecule has 0 amide bonds. The lowest BCUT2D eigenvalue weighted by molar-refractivity contribution is 0.100. The van der Waals surface area contributed by atoms with Crippen LogP contribution in [0.5, 0.6) is 0 Å². The molecule has 0 saturated heterocycles. The Kier molecular flexibility index (Phi) is 2.75.